The third-order valence-electron chi connectivity index (χ3n) is 5.99. The number of hydrogen-bond donors (Lipinski definition) is 0. The van der Waals surface area contributed by atoms with Gasteiger partial charge < -0.3 is 4.57 Å². The number of aryl methyl sites for hydroxylation is 3. The van der Waals surface area contributed by atoms with Gasteiger partial charge in [0.05, 0.1) is 18.8 Å². The van der Waals surface area contributed by atoms with Gasteiger partial charge in [-0.05, 0) is 45.2 Å². The Hall–Kier alpha value is -2.74. The van der Waals surface area contributed by atoms with Gasteiger partial charge in [-0.15, -0.1) is 5.10 Å². The molecule has 1 saturated heterocycles. The molecule has 3 aromatic rings. The molecule has 0 N–H and O–H groups in total. The fraction of sp³-hybridized carbons (Fsp3) is 0.524. The van der Waals surface area contributed by atoms with Crippen molar-refractivity contribution in [3.05, 3.63) is 57.7 Å². The lowest BCUT2D eigenvalue weighted by Crippen LogP contribution is -2.49. The van der Waals surface area contributed by atoms with Crippen molar-refractivity contribution in [2.75, 3.05) is 13.1 Å². The van der Waals surface area contributed by atoms with Crippen molar-refractivity contribution in [2.24, 2.45) is 5.92 Å². The van der Waals surface area contributed by atoms with Gasteiger partial charge in [0.2, 0.25) is 0 Å². The molecule has 8 heteroatoms. The van der Waals surface area contributed by atoms with Crippen LogP contribution >= 0.6 is 0 Å². The minimum atomic E-state index is -0.0592. The standard InChI is InChI=1S/C21H27N7O/c1-15-9-16(2)28(23-15)19-6-7-21(29)27(24-19)13-17-11-25(12-17)14-20-22-10-18-5-3-4-8-26(18)20/h6-7,9-10,17H,3-5,8,11-14H2,1-2H3. The van der Waals surface area contributed by atoms with E-state index in [9.17, 15) is 4.79 Å². The van der Waals surface area contributed by atoms with Crippen molar-refractivity contribution in [3.63, 3.8) is 0 Å². The molecule has 0 aromatic carbocycles. The predicted octanol–water partition coefficient (Wildman–Crippen LogP) is 1.71. The molecule has 1 fully saturated rings. The molecule has 152 valence electrons. The van der Waals surface area contributed by atoms with Gasteiger partial charge in [-0.2, -0.15) is 5.10 Å². The maximum atomic E-state index is 12.3. The van der Waals surface area contributed by atoms with Crippen LogP contribution in [0.25, 0.3) is 5.82 Å². The normalized spacial score (nSPS) is 17.3. The summed E-state index contributed by atoms with van der Waals surface area (Å²) in [4.78, 5) is 19.4. The third-order valence-corrected chi connectivity index (χ3v) is 5.99. The second-order valence-electron chi connectivity index (χ2n) is 8.39. The molecular weight excluding hydrogens is 366 g/mol. The smallest absolute Gasteiger partial charge is 0.266 e. The Balaban J connectivity index is 1.23. The van der Waals surface area contributed by atoms with Crippen LogP contribution in [0.3, 0.4) is 0 Å². The fourth-order valence-corrected chi connectivity index (χ4v) is 4.54. The van der Waals surface area contributed by atoms with E-state index in [1.807, 2.05) is 26.1 Å². The molecule has 0 spiro atoms. The lowest BCUT2D eigenvalue weighted by molar-refractivity contribution is 0.0726. The first-order chi connectivity index (χ1) is 14.1. The summed E-state index contributed by atoms with van der Waals surface area (Å²) in [5, 5.41) is 9.04. The van der Waals surface area contributed by atoms with E-state index in [1.54, 1.807) is 21.5 Å². The first kappa shape index (κ1) is 18.3. The van der Waals surface area contributed by atoms with E-state index in [1.165, 1.54) is 24.4 Å². The first-order valence-corrected chi connectivity index (χ1v) is 10.4. The summed E-state index contributed by atoms with van der Waals surface area (Å²) in [5.74, 6) is 2.31. The zero-order valence-electron chi connectivity index (χ0n) is 17.1. The summed E-state index contributed by atoms with van der Waals surface area (Å²) in [5.41, 5.74) is 3.27. The van der Waals surface area contributed by atoms with E-state index < -0.39 is 0 Å². The number of likely N-dealkylation sites (tertiary alicyclic amines) is 1. The highest BCUT2D eigenvalue weighted by Crippen LogP contribution is 2.22. The fourth-order valence-electron chi connectivity index (χ4n) is 4.54. The minimum Gasteiger partial charge on any atom is -0.331 e. The van der Waals surface area contributed by atoms with Gasteiger partial charge >= 0.3 is 0 Å². The number of imidazole rings is 1. The summed E-state index contributed by atoms with van der Waals surface area (Å²) in [6.45, 7) is 8.53. The molecule has 0 aliphatic carbocycles. The molecule has 8 nitrogen and oxygen atoms in total. The van der Waals surface area contributed by atoms with E-state index in [2.05, 4.69) is 24.6 Å². The zero-order valence-corrected chi connectivity index (χ0v) is 17.1. The van der Waals surface area contributed by atoms with Gasteiger partial charge in [-0.25, -0.2) is 14.3 Å². The van der Waals surface area contributed by atoms with Gasteiger partial charge in [0.1, 0.15) is 5.82 Å². The van der Waals surface area contributed by atoms with Crippen molar-refractivity contribution < 1.29 is 0 Å². The molecule has 0 atom stereocenters. The number of nitrogens with zero attached hydrogens (tertiary/aromatic N) is 7. The summed E-state index contributed by atoms with van der Waals surface area (Å²) in [7, 11) is 0. The highest BCUT2D eigenvalue weighted by atomic mass is 16.1. The zero-order chi connectivity index (χ0) is 20.0. The Bertz CT molecular complexity index is 1090. The SMILES string of the molecule is Cc1cc(C)n(-c2ccc(=O)n(CC3CN(Cc4ncc5n4CCCC5)C3)n2)n1. The average molecular weight is 393 g/mol. The Morgan fingerprint density at radius 3 is 2.79 bits per heavy atom. The van der Waals surface area contributed by atoms with Gasteiger partial charge in [0.15, 0.2) is 5.82 Å². The summed E-state index contributed by atoms with van der Waals surface area (Å²) < 4.78 is 5.77. The Kier molecular flexibility index (Phi) is 4.58. The molecule has 5 heterocycles. The number of rotatable bonds is 5. The summed E-state index contributed by atoms with van der Waals surface area (Å²) >= 11 is 0. The second kappa shape index (κ2) is 7.26. The van der Waals surface area contributed by atoms with Crippen LogP contribution in [0.5, 0.6) is 0 Å². The van der Waals surface area contributed by atoms with Crippen LogP contribution in [-0.4, -0.2) is 47.1 Å². The Morgan fingerprint density at radius 2 is 2.00 bits per heavy atom. The van der Waals surface area contributed by atoms with Gasteiger partial charge in [0, 0.05) is 49.2 Å². The Labute approximate surface area is 169 Å². The van der Waals surface area contributed by atoms with Gasteiger partial charge in [-0.3, -0.25) is 9.69 Å². The predicted molar refractivity (Wildman–Crippen MR) is 109 cm³/mol. The summed E-state index contributed by atoms with van der Waals surface area (Å²) in [6.07, 6.45) is 5.71. The molecule has 0 unspecified atom stereocenters. The van der Waals surface area contributed by atoms with Crippen molar-refractivity contribution in [2.45, 2.75) is 52.7 Å². The highest BCUT2D eigenvalue weighted by molar-refractivity contribution is 5.23. The molecule has 2 aliphatic heterocycles. The van der Waals surface area contributed by atoms with Crippen LogP contribution in [0, 0.1) is 19.8 Å². The lowest BCUT2D eigenvalue weighted by Gasteiger charge is -2.39. The van der Waals surface area contributed by atoms with Crippen LogP contribution in [0.15, 0.2) is 29.2 Å². The molecule has 0 radical (unpaired) electrons. The molecular formula is C21H27N7O. The van der Waals surface area contributed by atoms with Crippen LogP contribution < -0.4 is 5.56 Å². The molecule has 0 bridgehead atoms. The monoisotopic (exact) mass is 393 g/mol. The molecule has 0 amide bonds. The lowest BCUT2D eigenvalue weighted by atomic mass is 10.0. The quantitative estimate of drug-likeness (QED) is 0.660. The van der Waals surface area contributed by atoms with Crippen molar-refractivity contribution in [1.82, 2.24) is 34.0 Å². The second-order valence-corrected chi connectivity index (χ2v) is 8.39. The van der Waals surface area contributed by atoms with Crippen molar-refractivity contribution >= 4 is 0 Å². The molecule has 0 saturated carbocycles. The first-order valence-electron chi connectivity index (χ1n) is 10.4. The van der Waals surface area contributed by atoms with Crippen molar-refractivity contribution in [3.8, 4) is 5.82 Å². The van der Waals surface area contributed by atoms with Gasteiger partial charge in [0.25, 0.3) is 5.56 Å². The third kappa shape index (κ3) is 3.53. The maximum absolute atomic E-state index is 12.3. The van der Waals surface area contributed by atoms with Crippen molar-refractivity contribution in [1.29, 1.82) is 0 Å². The van der Waals surface area contributed by atoms with E-state index in [4.69, 9.17) is 0 Å². The van der Waals surface area contributed by atoms with E-state index in [-0.39, 0.29) is 5.56 Å². The molecule has 5 rings (SSSR count). The number of aromatic nitrogens is 6. The van der Waals surface area contributed by atoms with Gasteiger partial charge in [-0.1, -0.05) is 0 Å². The number of hydrogen-bond acceptors (Lipinski definition) is 5. The van der Waals surface area contributed by atoms with Crippen LogP contribution in [0.2, 0.25) is 0 Å². The van der Waals surface area contributed by atoms with Crippen LogP contribution in [-0.2, 0) is 26.1 Å². The molecule has 29 heavy (non-hydrogen) atoms. The van der Waals surface area contributed by atoms with E-state index >= 15 is 0 Å². The largest absolute Gasteiger partial charge is 0.331 e. The highest BCUT2D eigenvalue weighted by Gasteiger charge is 2.29. The van der Waals surface area contributed by atoms with E-state index in [0.717, 1.165) is 44.0 Å². The van der Waals surface area contributed by atoms with Crippen LogP contribution in [0.1, 0.15) is 35.7 Å². The topological polar surface area (TPSA) is 73.8 Å². The summed E-state index contributed by atoms with van der Waals surface area (Å²) in [6, 6.07) is 5.34. The molecule has 3 aromatic heterocycles. The average Bonchev–Trinajstić information content (AvgIpc) is 3.24. The van der Waals surface area contributed by atoms with Crippen LogP contribution in [0.4, 0.5) is 0 Å². The number of fused-ring (bicyclic) bond motifs is 1. The van der Waals surface area contributed by atoms with E-state index in [0.29, 0.717) is 18.3 Å². The minimum absolute atomic E-state index is 0.0592. The maximum Gasteiger partial charge on any atom is 0.266 e. The Morgan fingerprint density at radius 1 is 1.14 bits per heavy atom. The molecule has 2 aliphatic rings.